The third-order valence-electron chi connectivity index (χ3n) is 4.82. The number of rotatable bonds is 4. The Morgan fingerprint density at radius 1 is 1.09 bits per heavy atom. The normalized spacial score (nSPS) is 11.8. The second kappa shape index (κ2) is 8.12. The zero-order valence-corrected chi connectivity index (χ0v) is 17.0. The molecule has 2 aromatic heterocycles. The molecule has 2 heterocycles. The van der Waals surface area contributed by atoms with Gasteiger partial charge in [-0.25, -0.2) is 18.2 Å². The van der Waals surface area contributed by atoms with Gasteiger partial charge in [0.1, 0.15) is 51.6 Å². The average molecular weight is 452 g/mol. The van der Waals surface area contributed by atoms with Gasteiger partial charge in [0.25, 0.3) is 5.56 Å². The molecule has 0 aliphatic carbocycles. The van der Waals surface area contributed by atoms with Crippen molar-refractivity contribution in [3.63, 3.8) is 0 Å². The van der Waals surface area contributed by atoms with Crippen molar-refractivity contribution in [2.24, 2.45) is 0 Å². The van der Waals surface area contributed by atoms with E-state index >= 15 is 0 Å². The van der Waals surface area contributed by atoms with E-state index in [9.17, 15) is 23.2 Å². The first-order chi connectivity index (χ1) is 15.7. The first-order valence-corrected chi connectivity index (χ1v) is 9.47. The van der Waals surface area contributed by atoms with Crippen molar-refractivity contribution in [1.82, 2.24) is 19.5 Å². The maximum absolute atomic E-state index is 14.5. The zero-order chi connectivity index (χ0) is 23.9. The fourth-order valence-electron chi connectivity index (χ4n) is 3.37. The molecule has 0 aliphatic rings. The summed E-state index contributed by atoms with van der Waals surface area (Å²) >= 11 is 0. The van der Waals surface area contributed by atoms with Crippen LogP contribution in [-0.4, -0.2) is 19.5 Å². The van der Waals surface area contributed by atoms with Crippen molar-refractivity contribution < 1.29 is 13.2 Å². The van der Waals surface area contributed by atoms with Crippen LogP contribution in [0.25, 0.3) is 16.6 Å². The van der Waals surface area contributed by atoms with Crippen LogP contribution in [0.15, 0.2) is 41.2 Å². The smallest absolute Gasteiger partial charge is 0.269 e. The van der Waals surface area contributed by atoms with E-state index in [2.05, 4.69) is 20.3 Å². The molecule has 0 amide bonds. The van der Waals surface area contributed by atoms with E-state index in [1.165, 1.54) is 19.1 Å². The van der Waals surface area contributed by atoms with Crippen LogP contribution in [0.4, 0.5) is 30.8 Å². The predicted octanol–water partition coefficient (Wildman–Crippen LogP) is 2.80. The van der Waals surface area contributed by atoms with E-state index in [4.69, 9.17) is 11.5 Å². The van der Waals surface area contributed by atoms with Crippen molar-refractivity contribution in [1.29, 1.82) is 5.26 Å². The predicted molar refractivity (Wildman–Crippen MR) is 115 cm³/mol. The summed E-state index contributed by atoms with van der Waals surface area (Å²) in [6.07, 6.45) is 0. The number of aromatic nitrogens is 4. The van der Waals surface area contributed by atoms with Crippen LogP contribution < -0.4 is 22.3 Å². The van der Waals surface area contributed by atoms with E-state index in [0.29, 0.717) is 0 Å². The maximum atomic E-state index is 14.5. The fraction of sp³-hybridized carbons (Fsp3) is 0.0952. The average Bonchev–Trinajstić information content (AvgIpc) is 2.75. The minimum absolute atomic E-state index is 0.0314. The Labute approximate surface area is 184 Å². The molecule has 5 N–H and O–H groups in total. The number of nitrogens with one attached hydrogen (secondary N) is 1. The molecule has 2 aromatic carbocycles. The van der Waals surface area contributed by atoms with Gasteiger partial charge in [0.05, 0.1) is 11.7 Å². The van der Waals surface area contributed by atoms with Crippen LogP contribution in [0.3, 0.4) is 0 Å². The SMILES string of the molecule is CC(Nc1nc(N)nc(N)c1C#N)c1nc2c(F)ccc(F)c2c(=O)n1-c1cccc(F)c1. The number of halogens is 3. The third kappa shape index (κ3) is 3.76. The van der Waals surface area contributed by atoms with Gasteiger partial charge >= 0.3 is 0 Å². The van der Waals surface area contributed by atoms with Gasteiger partial charge < -0.3 is 16.8 Å². The number of nitriles is 1. The van der Waals surface area contributed by atoms with Crippen molar-refractivity contribution in [3.8, 4) is 11.8 Å². The van der Waals surface area contributed by atoms with Crippen LogP contribution in [-0.2, 0) is 0 Å². The molecular formula is C21H15F3N8O. The standard InChI is InChI=1S/C21H15F3N8O/c1-9(28-18-12(8-25)17(26)30-21(27)31-18)19-29-16-14(24)6-5-13(23)15(16)20(33)32(19)11-4-2-3-10(22)7-11/h2-7,9H,1H3,(H5,26,27,28,30,31). The van der Waals surface area contributed by atoms with Crippen molar-refractivity contribution >= 4 is 28.5 Å². The summed E-state index contributed by atoms with van der Waals surface area (Å²) in [7, 11) is 0. The molecule has 1 unspecified atom stereocenters. The monoisotopic (exact) mass is 452 g/mol. The highest BCUT2D eigenvalue weighted by Gasteiger charge is 2.23. The van der Waals surface area contributed by atoms with Gasteiger partial charge in [0.2, 0.25) is 5.95 Å². The number of nitrogen functional groups attached to an aromatic ring is 2. The number of nitrogens with two attached hydrogens (primary N) is 2. The first-order valence-electron chi connectivity index (χ1n) is 9.47. The van der Waals surface area contributed by atoms with E-state index in [-0.39, 0.29) is 34.7 Å². The van der Waals surface area contributed by atoms with E-state index < -0.39 is 40.0 Å². The number of benzene rings is 2. The third-order valence-corrected chi connectivity index (χ3v) is 4.82. The molecule has 4 aromatic rings. The largest absolute Gasteiger partial charge is 0.382 e. The molecule has 0 bridgehead atoms. The van der Waals surface area contributed by atoms with Gasteiger partial charge in [-0.3, -0.25) is 9.36 Å². The number of nitrogens with zero attached hydrogens (tertiary/aromatic N) is 5. The lowest BCUT2D eigenvalue weighted by Gasteiger charge is -2.21. The number of hydrogen-bond donors (Lipinski definition) is 3. The molecule has 0 spiro atoms. The number of anilines is 3. The molecule has 166 valence electrons. The lowest BCUT2D eigenvalue weighted by Crippen LogP contribution is -2.28. The molecule has 0 saturated heterocycles. The van der Waals surface area contributed by atoms with Crippen molar-refractivity contribution in [2.45, 2.75) is 13.0 Å². The summed E-state index contributed by atoms with van der Waals surface area (Å²) in [4.78, 5) is 25.1. The highest BCUT2D eigenvalue weighted by Crippen LogP contribution is 2.26. The highest BCUT2D eigenvalue weighted by molar-refractivity contribution is 5.79. The highest BCUT2D eigenvalue weighted by atomic mass is 19.1. The summed E-state index contributed by atoms with van der Waals surface area (Å²) in [5, 5.41) is 11.6. The van der Waals surface area contributed by atoms with E-state index in [1.54, 1.807) is 0 Å². The molecule has 12 heteroatoms. The summed E-state index contributed by atoms with van der Waals surface area (Å²) in [5.41, 5.74) is 9.80. The topological polar surface area (TPSA) is 149 Å². The van der Waals surface area contributed by atoms with Gasteiger partial charge in [-0.15, -0.1) is 0 Å². The fourth-order valence-corrected chi connectivity index (χ4v) is 3.37. The van der Waals surface area contributed by atoms with Crippen LogP contribution >= 0.6 is 0 Å². The summed E-state index contributed by atoms with van der Waals surface area (Å²) in [5.74, 6) is -3.13. The first kappa shape index (κ1) is 21.6. The Morgan fingerprint density at radius 2 is 1.82 bits per heavy atom. The Morgan fingerprint density at radius 3 is 2.52 bits per heavy atom. The second-order valence-electron chi connectivity index (χ2n) is 7.01. The molecule has 1 atom stereocenters. The molecular weight excluding hydrogens is 437 g/mol. The van der Waals surface area contributed by atoms with Gasteiger partial charge in [0.15, 0.2) is 5.82 Å². The molecule has 9 nitrogen and oxygen atoms in total. The Kier molecular flexibility index (Phi) is 5.31. The molecule has 0 radical (unpaired) electrons. The van der Waals surface area contributed by atoms with Gasteiger partial charge in [-0.05, 0) is 37.3 Å². The number of fused-ring (bicyclic) bond motifs is 1. The van der Waals surface area contributed by atoms with Gasteiger partial charge in [-0.2, -0.15) is 15.2 Å². The van der Waals surface area contributed by atoms with Crippen LogP contribution in [0, 0.1) is 28.8 Å². The summed E-state index contributed by atoms with van der Waals surface area (Å²) in [6.45, 7) is 1.52. The quantitative estimate of drug-likeness (QED) is 0.428. The van der Waals surface area contributed by atoms with Crippen LogP contribution in [0.1, 0.15) is 24.4 Å². The van der Waals surface area contributed by atoms with Crippen LogP contribution in [0.5, 0.6) is 0 Å². The summed E-state index contributed by atoms with van der Waals surface area (Å²) < 4.78 is 43.9. The molecule has 4 rings (SSSR count). The molecule has 0 fully saturated rings. The molecule has 33 heavy (non-hydrogen) atoms. The summed E-state index contributed by atoms with van der Waals surface area (Å²) in [6, 6.07) is 7.53. The van der Waals surface area contributed by atoms with Crippen molar-refractivity contribution in [3.05, 3.63) is 75.6 Å². The minimum Gasteiger partial charge on any atom is -0.382 e. The molecule has 0 saturated carbocycles. The van der Waals surface area contributed by atoms with E-state index in [1.807, 2.05) is 6.07 Å². The van der Waals surface area contributed by atoms with Gasteiger partial charge in [-0.1, -0.05) is 6.07 Å². The maximum Gasteiger partial charge on any atom is 0.269 e. The Balaban J connectivity index is 1.99. The van der Waals surface area contributed by atoms with E-state index in [0.717, 1.165) is 28.8 Å². The van der Waals surface area contributed by atoms with Crippen LogP contribution in [0.2, 0.25) is 0 Å². The minimum atomic E-state index is -0.982. The lowest BCUT2D eigenvalue weighted by molar-refractivity contribution is 0.607. The Hall–Kier alpha value is -4.66. The van der Waals surface area contributed by atoms with Gasteiger partial charge in [0, 0.05) is 0 Å². The Bertz CT molecular complexity index is 1510. The lowest BCUT2D eigenvalue weighted by atomic mass is 10.1. The number of hydrogen-bond acceptors (Lipinski definition) is 8. The second-order valence-corrected chi connectivity index (χ2v) is 7.01. The zero-order valence-electron chi connectivity index (χ0n) is 17.0. The molecule has 0 aliphatic heterocycles. The van der Waals surface area contributed by atoms with Crippen molar-refractivity contribution in [2.75, 3.05) is 16.8 Å².